The number of piperidine rings is 1. The number of benzene rings is 1. The van der Waals surface area contributed by atoms with E-state index >= 15 is 0 Å². The van der Waals surface area contributed by atoms with Gasteiger partial charge < -0.3 is 15.3 Å². The Morgan fingerprint density at radius 2 is 1.95 bits per heavy atom. The van der Waals surface area contributed by atoms with Crippen molar-refractivity contribution in [3.63, 3.8) is 0 Å². The third-order valence-corrected chi connectivity index (χ3v) is 4.52. The van der Waals surface area contributed by atoms with Crippen LogP contribution in [0.1, 0.15) is 31.7 Å². The highest BCUT2D eigenvalue weighted by Crippen LogP contribution is 2.12. The summed E-state index contributed by atoms with van der Waals surface area (Å²) in [6.45, 7) is 7.14. The summed E-state index contributed by atoms with van der Waals surface area (Å²) in [7, 11) is 0. The van der Waals surface area contributed by atoms with Gasteiger partial charge in [-0.25, -0.2) is 0 Å². The van der Waals surface area contributed by atoms with Gasteiger partial charge in [-0.05, 0) is 56.8 Å². The van der Waals surface area contributed by atoms with Crippen LogP contribution in [-0.2, 0) is 6.42 Å². The van der Waals surface area contributed by atoms with Crippen LogP contribution in [-0.4, -0.2) is 48.8 Å². The van der Waals surface area contributed by atoms with Crippen molar-refractivity contribution < 1.29 is 5.11 Å². The first kappa shape index (κ1) is 16.5. The van der Waals surface area contributed by atoms with E-state index in [1.54, 1.807) is 0 Å². The Bertz CT molecular complexity index is 374. The molecule has 1 fully saturated rings. The van der Waals surface area contributed by atoms with Crippen molar-refractivity contribution in [2.24, 2.45) is 5.92 Å². The zero-order chi connectivity index (χ0) is 14.9. The maximum absolute atomic E-state index is 8.93. The molecule has 118 valence electrons. The van der Waals surface area contributed by atoms with Crippen LogP contribution in [0.4, 0.5) is 0 Å². The normalized spacial score (nSPS) is 18.8. The van der Waals surface area contributed by atoms with Crippen LogP contribution in [0.3, 0.4) is 0 Å². The summed E-state index contributed by atoms with van der Waals surface area (Å²) in [6, 6.07) is 11.4. The molecular weight excluding hydrogens is 260 g/mol. The van der Waals surface area contributed by atoms with Gasteiger partial charge in [-0.1, -0.05) is 37.3 Å². The van der Waals surface area contributed by atoms with Crippen molar-refractivity contribution in [3.05, 3.63) is 35.9 Å². The summed E-state index contributed by atoms with van der Waals surface area (Å²) < 4.78 is 0. The highest BCUT2D eigenvalue weighted by molar-refractivity contribution is 5.14. The number of nitrogens with one attached hydrogen (secondary N) is 1. The molecule has 0 aromatic heterocycles. The topological polar surface area (TPSA) is 35.5 Å². The highest BCUT2D eigenvalue weighted by atomic mass is 16.3. The average Bonchev–Trinajstić information content (AvgIpc) is 2.53. The van der Waals surface area contributed by atoms with Crippen molar-refractivity contribution >= 4 is 0 Å². The predicted molar refractivity (Wildman–Crippen MR) is 88.5 cm³/mol. The summed E-state index contributed by atoms with van der Waals surface area (Å²) in [5.41, 5.74) is 1.44. The zero-order valence-electron chi connectivity index (χ0n) is 13.3. The number of aliphatic hydroxyl groups is 1. The fourth-order valence-electron chi connectivity index (χ4n) is 2.98. The van der Waals surface area contributed by atoms with Crippen molar-refractivity contribution in [1.29, 1.82) is 0 Å². The maximum Gasteiger partial charge on any atom is 0.0434 e. The van der Waals surface area contributed by atoms with Crippen LogP contribution >= 0.6 is 0 Å². The Balaban J connectivity index is 1.60. The quantitative estimate of drug-likeness (QED) is 0.771. The van der Waals surface area contributed by atoms with Crippen LogP contribution < -0.4 is 5.32 Å². The monoisotopic (exact) mass is 290 g/mol. The van der Waals surface area contributed by atoms with Gasteiger partial charge in [0.05, 0.1) is 0 Å². The Morgan fingerprint density at radius 1 is 1.24 bits per heavy atom. The Morgan fingerprint density at radius 3 is 2.62 bits per heavy atom. The van der Waals surface area contributed by atoms with Gasteiger partial charge in [-0.2, -0.15) is 0 Å². The van der Waals surface area contributed by atoms with Crippen LogP contribution in [0.15, 0.2) is 30.3 Å². The third kappa shape index (κ3) is 6.16. The second kappa shape index (κ2) is 9.19. The van der Waals surface area contributed by atoms with Crippen LogP contribution in [0.5, 0.6) is 0 Å². The summed E-state index contributed by atoms with van der Waals surface area (Å²) in [5.74, 6) is 0.575. The lowest BCUT2D eigenvalue weighted by Gasteiger charge is -2.33. The van der Waals surface area contributed by atoms with Gasteiger partial charge in [0.15, 0.2) is 0 Å². The number of rotatable bonds is 8. The number of nitrogens with zero attached hydrogens (tertiary/aromatic N) is 1. The first-order valence-electron chi connectivity index (χ1n) is 8.38. The minimum atomic E-state index is 0.306. The molecule has 0 amide bonds. The molecule has 0 bridgehead atoms. The minimum Gasteiger partial charge on any atom is -0.396 e. The number of aliphatic hydroxyl groups excluding tert-OH is 1. The molecule has 3 nitrogen and oxygen atoms in total. The molecule has 1 aliphatic heterocycles. The molecule has 3 heteroatoms. The van der Waals surface area contributed by atoms with E-state index in [0.717, 1.165) is 19.4 Å². The lowest BCUT2D eigenvalue weighted by Crippen LogP contribution is -2.44. The smallest absolute Gasteiger partial charge is 0.0434 e. The average molecular weight is 290 g/mol. The van der Waals surface area contributed by atoms with Gasteiger partial charge >= 0.3 is 0 Å². The van der Waals surface area contributed by atoms with E-state index in [2.05, 4.69) is 47.5 Å². The van der Waals surface area contributed by atoms with Crippen LogP contribution in [0, 0.1) is 5.92 Å². The van der Waals surface area contributed by atoms with Gasteiger partial charge in [-0.15, -0.1) is 0 Å². The molecule has 0 saturated carbocycles. The minimum absolute atomic E-state index is 0.306. The van der Waals surface area contributed by atoms with Gasteiger partial charge in [0.1, 0.15) is 0 Å². The van der Waals surface area contributed by atoms with E-state index in [1.807, 2.05) is 0 Å². The molecule has 1 atom stereocenters. The van der Waals surface area contributed by atoms with E-state index in [1.165, 1.54) is 38.0 Å². The van der Waals surface area contributed by atoms with Crippen molar-refractivity contribution in [1.82, 2.24) is 10.2 Å². The Hall–Kier alpha value is -0.900. The first-order chi connectivity index (χ1) is 10.3. The van der Waals surface area contributed by atoms with Crippen molar-refractivity contribution in [2.75, 3.05) is 32.8 Å². The molecule has 1 aromatic carbocycles. The van der Waals surface area contributed by atoms with E-state index < -0.39 is 0 Å². The molecule has 1 heterocycles. The second-order valence-corrected chi connectivity index (χ2v) is 6.38. The molecule has 1 unspecified atom stereocenters. The first-order valence-corrected chi connectivity index (χ1v) is 8.38. The Kier molecular flexibility index (Phi) is 7.20. The maximum atomic E-state index is 8.93. The summed E-state index contributed by atoms with van der Waals surface area (Å²) in [6.07, 6.45) is 4.57. The van der Waals surface area contributed by atoms with E-state index in [0.29, 0.717) is 18.6 Å². The molecule has 1 aromatic rings. The summed E-state index contributed by atoms with van der Waals surface area (Å²) >= 11 is 0. The SMILES string of the molecule is CC(CCO)CNC1CCN(CCc2ccccc2)CC1. The molecule has 1 saturated heterocycles. The molecule has 2 rings (SSSR count). The van der Waals surface area contributed by atoms with Gasteiger partial charge in [-0.3, -0.25) is 0 Å². The standard InChI is InChI=1S/C18H30N2O/c1-16(10-14-21)15-19-18-8-12-20(13-9-18)11-7-17-5-3-2-4-6-17/h2-6,16,18-19,21H,7-15H2,1H3. The molecule has 1 aliphatic rings. The van der Waals surface area contributed by atoms with Gasteiger partial charge in [0.25, 0.3) is 0 Å². The second-order valence-electron chi connectivity index (χ2n) is 6.38. The van der Waals surface area contributed by atoms with E-state index in [-0.39, 0.29) is 0 Å². The number of hydrogen-bond acceptors (Lipinski definition) is 3. The molecule has 0 aliphatic carbocycles. The molecular formula is C18H30N2O. The van der Waals surface area contributed by atoms with Crippen molar-refractivity contribution in [3.8, 4) is 0 Å². The molecule has 2 N–H and O–H groups in total. The highest BCUT2D eigenvalue weighted by Gasteiger charge is 2.18. The zero-order valence-corrected chi connectivity index (χ0v) is 13.3. The third-order valence-electron chi connectivity index (χ3n) is 4.52. The van der Waals surface area contributed by atoms with Crippen LogP contribution in [0.25, 0.3) is 0 Å². The summed E-state index contributed by atoms with van der Waals surface area (Å²) in [4.78, 5) is 2.59. The fraction of sp³-hybridized carbons (Fsp3) is 0.667. The summed E-state index contributed by atoms with van der Waals surface area (Å²) in [5, 5.41) is 12.6. The number of likely N-dealkylation sites (tertiary alicyclic amines) is 1. The van der Waals surface area contributed by atoms with Gasteiger partial charge in [0, 0.05) is 19.2 Å². The molecule has 21 heavy (non-hydrogen) atoms. The predicted octanol–water partition coefficient (Wildman–Crippen LogP) is 2.30. The van der Waals surface area contributed by atoms with E-state index in [9.17, 15) is 0 Å². The largest absolute Gasteiger partial charge is 0.396 e. The molecule has 0 spiro atoms. The van der Waals surface area contributed by atoms with Crippen molar-refractivity contribution in [2.45, 2.75) is 38.6 Å². The van der Waals surface area contributed by atoms with Gasteiger partial charge in [0.2, 0.25) is 0 Å². The fourth-order valence-corrected chi connectivity index (χ4v) is 2.98. The van der Waals surface area contributed by atoms with E-state index in [4.69, 9.17) is 5.11 Å². The number of hydrogen-bond donors (Lipinski definition) is 2. The molecule has 0 radical (unpaired) electrons. The lowest BCUT2D eigenvalue weighted by molar-refractivity contribution is 0.193. The lowest BCUT2D eigenvalue weighted by atomic mass is 10.0. The van der Waals surface area contributed by atoms with Crippen LogP contribution in [0.2, 0.25) is 0 Å². The Labute approximate surface area is 129 Å².